The van der Waals surface area contributed by atoms with E-state index in [2.05, 4.69) is 4.98 Å². The molecule has 176 valence electrons. The largest absolute Gasteiger partial charge is 0.507 e. The number of rotatable bonds is 4. The molecule has 3 aromatic rings. The van der Waals surface area contributed by atoms with Crippen molar-refractivity contribution in [3.05, 3.63) is 94.8 Å². The van der Waals surface area contributed by atoms with Crippen LogP contribution in [0.15, 0.2) is 72.6 Å². The molecule has 0 radical (unpaired) electrons. The molecule has 1 N–H and O–H groups in total. The van der Waals surface area contributed by atoms with Crippen LogP contribution < -0.4 is 9.64 Å². The van der Waals surface area contributed by atoms with Gasteiger partial charge in [0.05, 0.1) is 35.9 Å². The van der Waals surface area contributed by atoms with Crippen LogP contribution in [-0.4, -0.2) is 28.9 Å². The first-order valence-corrected chi connectivity index (χ1v) is 11.1. The predicted molar refractivity (Wildman–Crippen MR) is 132 cm³/mol. The maximum atomic E-state index is 13.4. The number of hydrogen-bond acceptors (Lipinski definition) is 6. The number of aliphatic hydroxyl groups is 1. The van der Waals surface area contributed by atoms with E-state index in [0.29, 0.717) is 28.1 Å². The lowest BCUT2D eigenvalue weighted by atomic mass is 9.85. The second-order valence-corrected chi connectivity index (χ2v) is 9.28. The van der Waals surface area contributed by atoms with Crippen LogP contribution in [0.1, 0.15) is 49.1 Å². The molecular formula is C28H25N3O4. The van der Waals surface area contributed by atoms with Crippen LogP contribution in [0.25, 0.3) is 5.76 Å². The van der Waals surface area contributed by atoms with E-state index >= 15 is 0 Å². The highest BCUT2D eigenvalue weighted by molar-refractivity contribution is 6.51. The standard InChI is InChI=1S/C28H25N3O4/c1-28(2,3)19-9-12-22(35-4)21(14-19)25(32)23-24(18-6-5-13-30-16-18)31(27(34)26(23)33)20-10-7-17(15-29)8-11-20/h5-14,16,24,32H,1-4H3/b25-23+. The van der Waals surface area contributed by atoms with E-state index in [9.17, 15) is 14.7 Å². The number of aliphatic hydroxyl groups excluding tert-OH is 1. The highest BCUT2D eigenvalue weighted by Crippen LogP contribution is 2.43. The van der Waals surface area contributed by atoms with Crippen molar-refractivity contribution in [2.45, 2.75) is 32.2 Å². The molecule has 0 saturated carbocycles. The first kappa shape index (κ1) is 23.7. The van der Waals surface area contributed by atoms with Gasteiger partial charge < -0.3 is 9.84 Å². The molecule has 0 aliphatic carbocycles. The molecule has 1 aliphatic heterocycles. The van der Waals surface area contributed by atoms with Gasteiger partial charge in [-0.05, 0) is 59.0 Å². The fourth-order valence-electron chi connectivity index (χ4n) is 4.15. The van der Waals surface area contributed by atoms with Gasteiger partial charge in [-0.2, -0.15) is 5.26 Å². The molecule has 1 unspecified atom stereocenters. The van der Waals surface area contributed by atoms with Gasteiger partial charge in [0.15, 0.2) is 0 Å². The van der Waals surface area contributed by atoms with Crippen LogP contribution in [0.5, 0.6) is 5.75 Å². The number of Topliss-reactive ketones (excluding diaryl/α,β-unsaturated/α-hetero) is 1. The molecule has 1 saturated heterocycles. The summed E-state index contributed by atoms with van der Waals surface area (Å²) in [4.78, 5) is 32.1. The number of carbonyl (C=O) groups is 2. The third-order valence-corrected chi connectivity index (χ3v) is 6.04. The molecule has 0 spiro atoms. The zero-order valence-electron chi connectivity index (χ0n) is 19.9. The molecule has 2 aromatic carbocycles. The topological polar surface area (TPSA) is 104 Å². The molecule has 1 atom stereocenters. The molecule has 4 rings (SSSR count). The average Bonchev–Trinajstić information content (AvgIpc) is 3.13. The van der Waals surface area contributed by atoms with Gasteiger partial charge in [-0.15, -0.1) is 0 Å². The summed E-state index contributed by atoms with van der Waals surface area (Å²) in [6, 6.07) is 16.4. The number of benzene rings is 2. The minimum Gasteiger partial charge on any atom is -0.507 e. The summed E-state index contributed by atoms with van der Waals surface area (Å²) in [5, 5.41) is 20.7. The molecule has 1 amide bonds. The second-order valence-electron chi connectivity index (χ2n) is 9.28. The number of pyridine rings is 1. The molecule has 7 nitrogen and oxygen atoms in total. The quantitative estimate of drug-likeness (QED) is 0.333. The third kappa shape index (κ3) is 4.26. The van der Waals surface area contributed by atoms with Gasteiger partial charge in [0.1, 0.15) is 11.5 Å². The summed E-state index contributed by atoms with van der Waals surface area (Å²) in [7, 11) is 1.48. The number of anilines is 1. The SMILES string of the molecule is COc1ccc(C(C)(C)C)cc1/C(O)=C1\C(=O)C(=O)N(c2ccc(C#N)cc2)C1c1cccnc1. The normalized spacial score (nSPS) is 17.3. The fourth-order valence-corrected chi connectivity index (χ4v) is 4.15. The number of nitriles is 1. The van der Waals surface area contributed by atoms with E-state index < -0.39 is 17.7 Å². The Morgan fingerprint density at radius 3 is 2.40 bits per heavy atom. The van der Waals surface area contributed by atoms with Crippen molar-refractivity contribution in [3.8, 4) is 11.8 Å². The van der Waals surface area contributed by atoms with Crippen molar-refractivity contribution in [2.24, 2.45) is 0 Å². The predicted octanol–water partition coefficient (Wildman–Crippen LogP) is 4.89. The fraction of sp³-hybridized carbons (Fsp3) is 0.214. The summed E-state index contributed by atoms with van der Waals surface area (Å²) >= 11 is 0. The Kier molecular flexibility index (Phi) is 6.14. The van der Waals surface area contributed by atoms with Crippen molar-refractivity contribution in [1.82, 2.24) is 4.98 Å². The monoisotopic (exact) mass is 467 g/mol. The Morgan fingerprint density at radius 2 is 1.83 bits per heavy atom. The lowest BCUT2D eigenvalue weighted by Gasteiger charge is -2.25. The second kappa shape index (κ2) is 9.07. The van der Waals surface area contributed by atoms with Gasteiger partial charge in [0.25, 0.3) is 11.7 Å². The van der Waals surface area contributed by atoms with Gasteiger partial charge in [-0.1, -0.05) is 32.9 Å². The lowest BCUT2D eigenvalue weighted by molar-refractivity contribution is -0.132. The molecule has 1 aliphatic rings. The van der Waals surface area contributed by atoms with Crippen LogP contribution in [0, 0.1) is 11.3 Å². The highest BCUT2D eigenvalue weighted by atomic mass is 16.5. The van der Waals surface area contributed by atoms with Crippen LogP contribution in [0.4, 0.5) is 5.69 Å². The van der Waals surface area contributed by atoms with E-state index in [1.54, 1.807) is 60.9 Å². The number of hydrogen-bond donors (Lipinski definition) is 1. The molecular weight excluding hydrogens is 442 g/mol. The summed E-state index contributed by atoms with van der Waals surface area (Å²) < 4.78 is 5.49. The smallest absolute Gasteiger partial charge is 0.300 e. The first-order chi connectivity index (χ1) is 16.7. The van der Waals surface area contributed by atoms with Crippen molar-refractivity contribution >= 4 is 23.1 Å². The molecule has 0 bridgehead atoms. The summed E-state index contributed by atoms with van der Waals surface area (Å²) in [6.07, 6.45) is 3.15. The minimum atomic E-state index is -0.917. The molecule has 35 heavy (non-hydrogen) atoms. The van der Waals surface area contributed by atoms with E-state index in [1.807, 2.05) is 32.9 Å². The highest BCUT2D eigenvalue weighted by Gasteiger charge is 2.47. The third-order valence-electron chi connectivity index (χ3n) is 6.04. The van der Waals surface area contributed by atoms with Crippen LogP contribution >= 0.6 is 0 Å². The summed E-state index contributed by atoms with van der Waals surface area (Å²) in [5.74, 6) is -1.54. The van der Waals surface area contributed by atoms with E-state index in [1.165, 1.54) is 12.0 Å². The van der Waals surface area contributed by atoms with Gasteiger partial charge in [-0.3, -0.25) is 19.5 Å². The zero-order valence-corrected chi connectivity index (χ0v) is 19.9. The number of nitrogens with zero attached hydrogens (tertiary/aromatic N) is 3. The average molecular weight is 468 g/mol. The van der Waals surface area contributed by atoms with Crippen LogP contribution in [0.2, 0.25) is 0 Å². The number of carbonyl (C=O) groups excluding carboxylic acids is 2. The molecule has 1 fully saturated rings. The van der Waals surface area contributed by atoms with Crippen molar-refractivity contribution in [3.63, 3.8) is 0 Å². The molecule has 1 aromatic heterocycles. The number of methoxy groups -OCH3 is 1. The Balaban J connectivity index is 1.97. The molecule has 7 heteroatoms. The molecule has 2 heterocycles. The lowest BCUT2D eigenvalue weighted by Crippen LogP contribution is -2.29. The van der Waals surface area contributed by atoms with Gasteiger partial charge in [0, 0.05) is 18.1 Å². The van der Waals surface area contributed by atoms with Gasteiger partial charge in [-0.25, -0.2) is 0 Å². The van der Waals surface area contributed by atoms with Crippen LogP contribution in [0.3, 0.4) is 0 Å². The Bertz CT molecular complexity index is 1360. The minimum absolute atomic E-state index is 0.0586. The maximum Gasteiger partial charge on any atom is 0.300 e. The summed E-state index contributed by atoms with van der Waals surface area (Å²) in [5.41, 5.74) is 2.38. The number of ether oxygens (including phenoxy) is 1. The Morgan fingerprint density at radius 1 is 1.11 bits per heavy atom. The summed E-state index contributed by atoms with van der Waals surface area (Å²) in [6.45, 7) is 6.12. The van der Waals surface area contributed by atoms with Crippen LogP contribution in [-0.2, 0) is 15.0 Å². The number of ketones is 1. The van der Waals surface area contributed by atoms with E-state index in [-0.39, 0.29) is 16.7 Å². The van der Waals surface area contributed by atoms with Crippen molar-refractivity contribution in [1.29, 1.82) is 5.26 Å². The van der Waals surface area contributed by atoms with E-state index in [0.717, 1.165) is 5.56 Å². The number of amides is 1. The Hall–Kier alpha value is -4.44. The first-order valence-electron chi connectivity index (χ1n) is 11.1. The van der Waals surface area contributed by atoms with Crippen molar-refractivity contribution in [2.75, 3.05) is 12.0 Å². The maximum absolute atomic E-state index is 13.4. The van der Waals surface area contributed by atoms with Gasteiger partial charge in [0.2, 0.25) is 0 Å². The van der Waals surface area contributed by atoms with E-state index in [4.69, 9.17) is 10.00 Å². The van der Waals surface area contributed by atoms with Gasteiger partial charge >= 0.3 is 0 Å². The van der Waals surface area contributed by atoms with Crippen molar-refractivity contribution < 1.29 is 19.4 Å². The zero-order chi connectivity index (χ0) is 25.3. The number of aromatic nitrogens is 1. The Labute approximate surface area is 203 Å².